The maximum Gasteiger partial charge on any atom is 0.490 e. The highest BCUT2D eigenvalue weighted by atomic mass is 19.4. The molecule has 2 aliphatic rings. The first-order valence-corrected chi connectivity index (χ1v) is 12.4. The molecule has 2 saturated heterocycles. The highest BCUT2D eigenvalue weighted by molar-refractivity contribution is 5.94. The van der Waals surface area contributed by atoms with Gasteiger partial charge in [0.1, 0.15) is 5.60 Å². The number of ether oxygens (including phenoxy) is 2. The van der Waals surface area contributed by atoms with Gasteiger partial charge in [-0.15, -0.1) is 0 Å². The number of rotatable bonds is 6. The molecule has 1 amide bonds. The van der Waals surface area contributed by atoms with Crippen LogP contribution >= 0.6 is 0 Å². The number of nitrogens with zero attached hydrogens (tertiary/aromatic N) is 3. The number of aromatic nitrogens is 2. The fraction of sp³-hybridized carbons (Fsp3) is 0.500. The van der Waals surface area contributed by atoms with Gasteiger partial charge in [-0.05, 0) is 56.4 Å². The van der Waals surface area contributed by atoms with E-state index in [2.05, 4.69) is 9.97 Å². The van der Waals surface area contributed by atoms with Crippen LogP contribution in [0.3, 0.4) is 0 Å². The molecule has 2 aromatic heterocycles. The Hall–Kier alpha value is -3.79. The van der Waals surface area contributed by atoms with Crippen LogP contribution in [0.4, 0.5) is 26.3 Å². The van der Waals surface area contributed by atoms with Crippen LogP contribution in [0, 0.1) is 19.8 Å². The number of likely N-dealkylation sites (tertiary alicyclic amines) is 1. The van der Waals surface area contributed by atoms with Crippen molar-refractivity contribution in [3.8, 4) is 0 Å². The normalized spacial score (nSPS) is 17.3. The monoisotopic (exact) mass is 609 g/mol. The lowest BCUT2D eigenvalue weighted by atomic mass is 9.79. The molecule has 0 aliphatic carbocycles. The largest absolute Gasteiger partial charge is 0.490 e. The van der Waals surface area contributed by atoms with Gasteiger partial charge in [0, 0.05) is 31.3 Å². The molecule has 2 aliphatic heterocycles. The summed E-state index contributed by atoms with van der Waals surface area (Å²) in [7, 11) is 0. The van der Waals surface area contributed by atoms with E-state index in [0.717, 1.165) is 36.4 Å². The minimum Gasteiger partial charge on any atom is -0.475 e. The molecule has 2 N–H and O–H groups in total. The second kappa shape index (κ2) is 14.4. The second-order valence-corrected chi connectivity index (χ2v) is 9.53. The Labute approximate surface area is 236 Å². The lowest BCUT2D eigenvalue weighted by Crippen LogP contribution is -2.66. The molecule has 1 spiro atoms. The molecule has 10 nitrogen and oxygen atoms in total. The summed E-state index contributed by atoms with van der Waals surface area (Å²) in [5.41, 5.74) is 3.42. The van der Waals surface area contributed by atoms with Crippen molar-refractivity contribution in [2.75, 3.05) is 26.3 Å². The number of aliphatic carboxylic acids is 2. The molecule has 42 heavy (non-hydrogen) atoms. The van der Waals surface area contributed by atoms with Crippen LogP contribution in [0.15, 0.2) is 36.7 Å². The zero-order valence-corrected chi connectivity index (χ0v) is 22.5. The molecule has 2 aromatic rings. The van der Waals surface area contributed by atoms with Crippen molar-refractivity contribution in [3.05, 3.63) is 59.2 Å². The van der Waals surface area contributed by atoms with Crippen LogP contribution in [0.1, 0.15) is 40.2 Å². The number of hydrogen-bond donors (Lipinski definition) is 2. The summed E-state index contributed by atoms with van der Waals surface area (Å²) < 4.78 is 75.4. The summed E-state index contributed by atoms with van der Waals surface area (Å²) in [6.45, 7) is 7.23. The van der Waals surface area contributed by atoms with Crippen molar-refractivity contribution in [2.45, 2.75) is 51.2 Å². The molecule has 16 heteroatoms. The Morgan fingerprint density at radius 1 is 1.05 bits per heavy atom. The zero-order valence-electron chi connectivity index (χ0n) is 22.5. The number of alkyl halides is 6. The molecule has 4 rings (SSSR count). The molecule has 0 saturated carbocycles. The Morgan fingerprint density at radius 2 is 1.64 bits per heavy atom. The van der Waals surface area contributed by atoms with Gasteiger partial charge in [-0.25, -0.2) is 9.59 Å². The first-order valence-electron chi connectivity index (χ1n) is 12.4. The summed E-state index contributed by atoms with van der Waals surface area (Å²) in [5.74, 6) is -5.05. The average molecular weight is 610 g/mol. The second-order valence-electron chi connectivity index (χ2n) is 9.53. The fourth-order valence-corrected chi connectivity index (χ4v) is 4.22. The van der Waals surface area contributed by atoms with Gasteiger partial charge in [-0.2, -0.15) is 26.3 Å². The van der Waals surface area contributed by atoms with E-state index in [1.807, 2.05) is 43.0 Å². The van der Waals surface area contributed by atoms with Crippen LogP contribution in [-0.4, -0.2) is 87.2 Å². The van der Waals surface area contributed by atoms with Gasteiger partial charge in [0.15, 0.2) is 0 Å². The molecular formula is C26H29F6N3O7. The number of carboxylic acids is 2. The SMILES string of the molecule is Cc1cncc(C(=O)N2CC3(C2)OCCC3CCOCc2cccc(C)n2)c1.O=C(O)C(F)(F)F.O=C(O)C(F)(F)F. The molecule has 4 heterocycles. The molecule has 232 valence electrons. The van der Waals surface area contributed by atoms with Crippen LogP contribution in [0.2, 0.25) is 0 Å². The third-order valence-electron chi connectivity index (χ3n) is 6.22. The highest BCUT2D eigenvalue weighted by Gasteiger charge is 2.54. The highest BCUT2D eigenvalue weighted by Crippen LogP contribution is 2.42. The van der Waals surface area contributed by atoms with Gasteiger partial charge >= 0.3 is 24.3 Å². The quantitative estimate of drug-likeness (QED) is 0.365. The fourth-order valence-electron chi connectivity index (χ4n) is 4.22. The lowest BCUT2D eigenvalue weighted by molar-refractivity contribution is -0.193. The third kappa shape index (κ3) is 10.2. The molecule has 1 unspecified atom stereocenters. The number of carbonyl (C=O) groups is 3. The Kier molecular flexibility index (Phi) is 11.8. The van der Waals surface area contributed by atoms with E-state index in [0.29, 0.717) is 37.8 Å². The van der Waals surface area contributed by atoms with Crippen molar-refractivity contribution < 1.29 is 60.4 Å². The first kappa shape index (κ1) is 34.4. The van der Waals surface area contributed by atoms with Crippen LogP contribution < -0.4 is 0 Å². The predicted molar refractivity (Wildman–Crippen MR) is 132 cm³/mol. The number of amides is 1. The predicted octanol–water partition coefficient (Wildman–Crippen LogP) is 4.20. The van der Waals surface area contributed by atoms with Gasteiger partial charge in [0.2, 0.25) is 0 Å². The van der Waals surface area contributed by atoms with E-state index in [1.54, 1.807) is 12.4 Å². The van der Waals surface area contributed by atoms with E-state index >= 15 is 0 Å². The minimum atomic E-state index is -5.08. The maximum absolute atomic E-state index is 12.7. The van der Waals surface area contributed by atoms with Crippen LogP contribution in [-0.2, 0) is 25.7 Å². The lowest BCUT2D eigenvalue weighted by Gasteiger charge is -2.50. The standard InChI is InChI=1S/C22H27N3O3.2C2HF3O2/c1-16-10-18(12-23-11-16)21(26)25-14-22(15-25)19(7-9-28-22)6-8-27-13-20-5-3-4-17(2)24-20;2*3-2(4,5)1(6)7/h3-5,10-12,19H,6-9,13-15H2,1-2H3;2*(H,6,7). The van der Waals surface area contributed by atoms with E-state index < -0.39 is 24.3 Å². The average Bonchev–Trinajstić information content (AvgIpc) is 3.29. The smallest absolute Gasteiger partial charge is 0.475 e. The third-order valence-corrected chi connectivity index (χ3v) is 6.22. The van der Waals surface area contributed by atoms with Crippen molar-refractivity contribution in [1.82, 2.24) is 14.9 Å². The van der Waals surface area contributed by atoms with Crippen molar-refractivity contribution >= 4 is 17.8 Å². The summed E-state index contributed by atoms with van der Waals surface area (Å²) in [4.78, 5) is 40.9. The molecule has 0 aromatic carbocycles. The number of halogens is 6. The van der Waals surface area contributed by atoms with Gasteiger partial charge in [-0.1, -0.05) is 6.07 Å². The van der Waals surface area contributed by atoms with Crippen molar-refractivity contribution in [1.29, 1.82) is 0 Å². The Balaban J connectivity index is 0.000000367. The van der Waals surface area contributed by atoms with Crippen molar-refractivity contribution in [3.63, 3.8) is 0 Å². The number of pyridine rings is 2. The summed E-state index contributed by atoms with van der Waals surface area (Å²) in [5, 5.41) is 14.2. The minimum absolute atomic E-state index is 0.0397. The van der Waals surface area contributed by atoms with E-state index in [4.69, 9.17) is 29.3 Å². The molecular weight excluding hydrogens is 580 g/mol. The molecule has 1 atom stereocenters. The molecule has 0 bridgehead atoms. The molecule has 0 radical (unpaired) electrons. The Bertz CT molecular complexity index is 1210. The van der Waals surface area contributed by atoms with E-state index in [1.165, 1.54) is 0 Å². The first-order chi connectivity index (χ1) is 19.4. The topological polar surface area (TPSA) is 139 Å². The summed E-state index contributed by atoms with van der Waals surface area (Å²) in [6.07, 6.45) is -4.79. The maximum atomic E-state index is 12.7. The van der Waals surface area contributed by atoms with Gasteiger partial charge < -0.3 is 24.6 Å². The van der Waals surface area contributed by atoms with Gasteiger partial charge in [0.05, 0.1) is 31.0 Å². The number of aryl methyl sites for hydroxylation is 2. The van der Waals surface area contributed by atoms with Gasteiger partial charge in [0.25, 0.3) is 5.91 Å². The van der Waals surface area contributed by atoms with E-state index in [-0.39, 0.29) is 11.5 Å². The zero-order chi connectivity index (χ0) is 31.7. The summed E-state index contributed by atoms with van der Waals surface area (Å²) >= 11 is 0. The van der Waals surface area contributed by atoms with E-state index in [9.17, 15) is 31.1 Å². The van der Waals surface area contributed by atoms with Gasteiger partial charge in [-0.3, -0.25) is 14.8 Å². The molecule has 2 fully saturated rings. The number of carbonyl (C=O) groups excluding carboxylic acids is 1. The Morgan fingerprint density at radius 3 is 2.17 bits per heavy atom. The van der Waals surface area contributed by atoms with Crippen molar-refractivity contribution in [2.24, 2.45) is 5.92 Å². The van der Waals surface area contributed by atoms with Crippen LogP contribution in [0.5, 0.6) is 0 Å². The number of hydrogen-bond acceptors (Lipinski definition) is 7. The number of carboxylic acid groups (broad SMARTS) is 2. The van der Waals surface area contributed by atoms with Crippen LogP contribution in [0.25, 0.3) is 0 Å². The summed E-state index contributed by atoms with van der Waals surface area (Å²) in [6, 6.07) is 7.87.